The third kappa shape index (κ3) is 2.58. The Hall–Kier alpha value is -2.32. The molecule has 1 aliphatic rings. The Kier molecular flexibility index (Phi) is 3.63. The molecule has 0 saturated carbocycles. The van der Waals surface area contributed by atoms with Crippen molar-refractivity contribution in [1.29, 1.82) is 0 Å². The van der Waals surface area contributed by atoms with Crippen LogP contribution >= 0.6 is 0 Å². The highest BCUT2D eigenvalue weighted by atomic mass is 16.3. The van der Waals surface area contributed by atoms with Crippen LogP contribution in [0, 0.1) is 13.8 Å². The normalized spacial score (nSPS) is 20.8. The highest BCUT2D eigenvalue weighted by Crippen LogP contribution is 2.35. The minimum atomic E-state index is -0.939. The molecule has 0 fully saturated rings. The van der Waals surface area contributed by atoms with Crippen LogP contribution in [0.15, 0.2) is 60.7 Å². The van der Waals surface area contributed by atoms with E-state index in [0.717, 1.165) is 27.8 Å². The maximum atomic E-state index is 10.8. The Morgan fingerprint density at radius 3 is 2.18 bits per heavy atom. The third-order valence-corrected chi connectivity index (χ3v) is 4.27. The van der Waals surface area contributed by atoms with Crippen molar-refractivity contribution in [2.45, 2.75) is 25.9 Å². The van der Waals surface area contributed by atoms with Gasteiger partial charge in [-0.15, -0.1) is 0 Å². The average Bonchev–Trinajstić information content (AvgIpc) is 2.54. The lowest BCUT2D eigenvalue weighted by atomic mass is 9.84. The molecule has 0 spiro atoms. The topological polar surface area (TPSA) is 40.5 Å². The number of benzene rings is 2. The van der Waals surface area contributed by atoms with Gasteiger partial charge >= 0.3 is 0 Å². The van der Waals surface area contributed by atoms with E-state index in [2.05, 4.69) is 6.08 Å². The standard InChI is InChI=1S/C20H20O2/c1-14-12-17(13-15(2)19(14)21)16-8-10-20(22,11-9-16)18-6-4-3-5-7-18/h3-10,12-13,21-22H,11H2,1-2H3. The molecule has 1 aliphatic carbocycles. The van der Waals surface area contributed by atoms with Gasteiger partial charge in [0.15, 0.2) is 0 Å². The molecular weight excluding hydrogens is 272 g/mol. The summed E-state index contributed by atoms with van der Waals surface area (Å²) in [6, 6.07) is 13.7. The molecule has 1 unspecified atom stereocenters. The smallest absolute Gasteiger partial charge is 0.121 e. The quantitative estimate of drug-likeness (QED) is 0.869. The van der Waals surface area contributed by atoms with Gasteiger partial charge in [0.25, 0.3) is 0 Å². The summed E-state index contributed by atoms with van der Waals surface area (Å²) in [6.07, 6.45) is 6.41. The molecule has 0 radical (unpaired) electrons. The van der Waals surface area contributed by atoms with Crippen LogP contribution in [0.4, 0.5) is 0 Å². The zero-order valence-electron chi connectivity index (χ0n) is 12.9. The van der Waals surface area contributed by atoms with Crippen molar-refractivity contribution in [3.63, 3.8) is 0 Å². The molecular formula is C20H20O2. The number of hydrogen-bond donors (Lipinski definition) is 2. The van der Waals surface area contributed by atoms with Gasteiger partial charge in [0.05, 0.1) is 0 Å². The van der Waals surface area contributed by atoms with Crippen LogP contribution in [0.2, 0.25) is 0 Å². The van der Waals surface area contributed by atoms with E-state index in [1.165, 1.54) is 0 Å². The van der Waals surface area contributed by atoms with Crippen LogP contribution in [0.1, 0.15) is 28.7 Å². The highest BCUT2D eigenvalue weighted by Gasteiger charge is 2.27. The lowest BCUT2D eigenvalue weighted by Gasteiger charge is -2.27. The van der Waals surface area contributed by atoms with Gasteiger partial charge in [-0.25, -0.2) is 0 Å². The molecule has 112 valence electrons. The summed E-state index contributed by atoms with van der Waals surface area (Å²) in [7, 11) is 0. The van der Waals surface area contributed by atoms with Crippen LogP contribution in [-0.4, -0.2) is 10.2 Å². The van der Waals surface area contributed by atoms with Crippen molar-refractivity contribution in [2.75, 3.05) is 0 Å². The molecule has 2 nitrogen and oxygen atoms in total. The van der Waals surface area contributed by atoms with Crippen LogP contribution in [0.25, 0.3) is 5.57 Å². The summed E-state index contributed by atoms with van der Waals surface area (Å²) in [4.78, 5) is 0. The summed E-state index contributed by atoms with van der Waals surface area (Å²) in [5, 5.41) is 20.7. The summed E-state index contributed by atoms with van der Waals surface area (Å²) in [5.74, 6) is 0.352. The van der Waals surface area contributed by atoms with Crippen molar-refractivity contribution in [3.05, 3.63) is 82.9 Å². The molecule has 1 atom stereocenters. The number of phenols is 1. The fraction of sp³-hybridized carbons (Fsp3) is 0.200. The van der Waals surface area contributed by atoms with Crippen molar-refractivity contribution >= 4 is 5.57 Å². The van der Waals surface area contributed by atoms with Gasteiger partial charge in [0.2, 0.25) is 0 Å². The summed E-state index contributed by atoms with van der Waals surface area (Å²) < 4.78 is 0. The van der Waals surface area contributed by atoms with Crippen LogP contribution in [-0.2, 0) is 5.60 Å². The highest BCUT2D eigenvalue weighted by molar-refractivity contribution is 5.77. The van der Waals surface area contributed by atoms with Gasteiger partial charge < -0.3 is 10.2 Å². The lowest BCUT2D eigenvalue weighted by Crippen LogP contribution is -2.23. The first kappa shape index (κ1) is 14.6. The predicted molar refractivity (Wildman–Crippen MR) is 89.7 cm³/mol. The number of aromatic hydroxyl groups is 1. The monoisotopic (exact) mass is 292 g/mol. The fourth-order valence-electron chi connectivity index (χ4n) is 2.91. The Balaban J connectivity index is 1.91. The van der Waals surface area contributed by atoms with E-state index in [-0.39, 0.29) is 0 Å². The number of aliphatic hydroxyl groups is 1. The summed E-state index contributed by atoms with van der Waals surface area (Å²) >= 11 is 0. The molecule has 0 amide bonds. The zero-order chi connectivity index (χ0) is 15.7. The molecule has 22 heavy (non-hydrogen) atoms. The van der Waals surface area contributed by atoms with E-state index >= 15 is 0 Å². The summed E-state index contributed by atoms with van der Waals surface area (Å²) in [6.45, 7) is 3.80. The van der Waals surface area contributed by atoms with Crippen LogP contribution in [0.5, 0.6) is 5.75 Å². The second-order valence-electron chi connectivity index (χ2n) is 5.95. The molecule has 0 saturated heterocycles. The maximum absolute atomic E-state index is 10.8. The lowest BCUT2D eigenvalue weighted by molar-refractivity contribution is 0.0920. The molecule has 0 bridgehead atoms. The van der Waals surface area contributed by atoms with Gasteiger partial charge in [0.1, 0.15) is 11.4 Å². The molecule has 0 heterocycles. The fourth-order valence-corrected chi connectivity index (χ4v) is 2.91. The molecule has 3 rings (SSSR count). The number of rotatable bonds is 2. The maximum Gasteiger partial charge on any atom is 0.121 e. The van der Waals surface area contributed by atoms with E-state index in [4.69, 9.17) is 0 Å². The number of aryl methyl sites for hydroxylation is 2. The minimum absolute atomic E-state index is 0.352. The van der Waals surface area contributed by atoms with Gasteiger partial charge in [0, 0.05) is 6.42 Å². The number of phenolic OH excluding ortho intramolecular Hbond substituents is 1. The van der Waals surface area contributed by atoms with Crippen molar-refractivity contribution in [2.24, 2.45) is 0 Å². The predicted octanol–water partition coefficient (Wildman–Crippen LogP) is 4.24. The van der Waals surface area contributed by atoms with E-state index in [1.807, 2.05) is 68.5 Å². The third-order valence-electron chi connectivity index (χ3n) is 4.27. The zero-order valence-corrected chi connectivity index (χ0v) is 12.9. The number of allylic oxidation sites excluding steroid dienone is 2. The Bertz CT molecular complexity index is 734. The van der Waals surface area contributed by atoms with E-state index in [0.29, 0.717) is 12.2 Å². The molecule has 2 aromatic carbocycles. The first-order valence-corrected chi connectivity index (χ1v) is 7.47. The first-order valence-electron chi connectivity index (χ1n) is 7.47. The van der Waals surface area contributed by atoms with Crippen LogP contribution in [0.3, 0.4) is 0 Å². The van der Waals surface area contributed by atoms with Crippen molar-refractivity contribution < 1.29 is 10.2 Å². The Labute approximate surface area is 131 Å². The Morgan fingerprint density at radius 2 is 1.64 bits per heavy atom. The van der Waals surface area contributed by atoms with Gasteiger partial charge in [-0.1, -0.05) is 42.5 Å². The molecule has 0 aromatic heterocycles. The molecule has 2 N–H and O–H groups in total. The van der Waals surface area contributed by atoms with E-state index in [1.54, 1.807) is 0 Å². The second kappa shape index (κ2) is 5.47. The molecule has 2 heteroatoms. The Morgan fingerprint density at radius 1 is 1.00 bits per heavy atom. The first-order chi connectivity index (χ1) is 10.5. The largest absolute Gasteiger partial charge is 0.507 e. The van der Waals surface area contributed by atoms with Gasteiger partial charge in [-0.2, -0.15) is 0 Å². The van der Waals surface area contributed by atoms with Crippen molar-refractivity contribution in [3.8, 4) is 5.75 Å². The van der Waals surface area contributed by atoms with Crippen molar-refractivity contribution in [1.82, 2.24) is 0 Å². The molecule has 2 aromatic rings. The minimum Gasteiger partial charge on any atom is -0.507 e. The summed E-state index contributed by atoms with van der Waals surface area (Å²) in [5.41, 5.74) is 3.85. The molecule has 0 aliphatic heterocycles. The van der Waals surface area contributed by atoms with Gasteiger partial charge in [-0.3, -0.25) is 0 Å². The van der Waals surface area contributed by atoms with E-state index in [9.17, 15) is 10.2 Å². The van der Waals surface area contributed by atoms with Gasteiger partial charge in [-0.05, 0) is 59.9 Å². The second-order valence-corrected chi connectivity index (χ2v) is 5.95. The van der Waals surface area contributed by atoms with Crippen LogP contribution < -0.4 is 0 Å². The number of hydrogen-bond acceptors (Lipinski definition) is 2. The SMILES string of the molecule is Cc1cc(C2=CCC(O)(c3ccccc3)C=C2)cc(C)c1O. The van der Waals surface area contributed by atoms with E-state index < -0.39 is 5.60 Å². The average molecular weight is 292 g/mol.